The zero-order valence-electron chi connectivity index (χ0n) is 11.8. The van der Waals surface area contributed by atoms with Crippen molar-refractivity contribution in [2.75, 3.05) is 12.5 Å². The van der Waals surface area contributed by atoms with Gasteiger partial charge in [0.2, 0.25) is 0 Å². The molecule has 0 amide bonds. The molecule has 2 heterocycles. The van der Waals surface area contributed by atoms with Gasteiger partial charge in [-0.25, -0.2) is 9.97 Å². The number of methoxy groups -OCH3 is 1. The molecule has 0 bridgehead atoms. The van der Waals surface area contributed by atoms with Crippen LogP contribution >= 0.6 is 11.6 Å². The molecule has 0 aliphatic rings. The molecule has 3 aromatic rings. The molecule has 0 spiro atoms. The van der Waals surface area contributed by atoms with Gasteiger partial charge in [-0.1, -0.05) is 17.7 Å². The normalized spacial score (nSPS) is 11.0. The molecule has 0 atom stereocenters. The Morgan fingerprint density at radius 2 is 2.14 bits per heavy atom. The number of halogens is 1. The molecule has 0 unspecified atom stereocenters. The fraction of sp³-hybridized carbons (Fsp3) is 0.0625. The molecule has 0 saturated heterocycles. The van der Waals surface area contributed by atoms with Gasteiger partial charge in [0.05, 0.1) is 18.8 Å². The van der Waals surface area contributed by atoms with Gasteiger partial charge in [0.15, 0.2) is 0 Å². The molecule has 0 radical (unpaired) electrons. The Balaban J connectivity index is 1.87. The summed E-state index contributed by atoms with van der Waals surface area (Å²) in [5.41, 5.74) is 4.36. The lowest BCUT2D eigenvalue weighted by Gasteiger charge is -2.04. The number of rotatable bonds is 4. The van der Waals surface area contributed by atoms with Gasteiger partial charge in [0.25, 0.3) is 0 Å². The van der Waals surface area contributed by atoms with Crippen molar-refractivity contribution in [3.05, 3.63) is 59.4 Å². The topological polar surface area (TPSA) is 59.4 Å². The zero-order valence-corrected chi connectivity index (χ0v) is 12.6. The number of hydrogen-bond acceptors (Lipinski definition) is 5. The highest BCUT2D eigenvalue weighted by Crippen LogP contribution is 2.23. The molecule has 0 saturated carbocycles. The Morgan fingerprint density at radius 1 is 1.23 bits per heavy atom. The first-order valence-corrected chi connectivity index (χ1v) is 6.98. The highest BCUT2D eigenvalue weighted by molar-refractivity contribution is 6.32. The molecule has 0 fully saturated rings. The predicted molar refractivity (Wildman–Crippen MR) is 88.8 cm³/mol. The van der Waals surface area contributed by atoms with E-state index in [4.69, 9.17) is 16.3 Å². The third kappa shape index (κ3) is 3.15. The summed E-state index contributed by atoms with van der Waals surface area (Å²) in [6.07, 6.45) is 3.30. The van der Waals surface area contributed by atoms with Crippen LogP contribution in [0, 0.1) is 0 Å². The summed E-state index contributed by atoms with van der Waals surface area (Å²) in [6, 6.07) is 13.1. The highest BCUT2D eigenvalue weighted by atomic mass is 35.5. The number of nitrogens with zero attached hydrogens (tertiary/aromatic N) is 3. The maximum absolute atomic E-state index is 6.18. The van der Waals surface area contributed by atoms with Crippen molar-refractivity contribution in [2.24, 2.45) is 5.10 Å². The molecule has 0 aliphatic carbocycles. The first kappa shape index (κ1) is 14.3. The van der Waals surface area contributed by atoms with Gasteiger partial charge in [-0.15, -0.1) is 0 Å². The van der Waals surface area contributed by atoms with Crippen LogP contribution in [0.2, 0.25) is 5.15 Å². The molecule has 3 rings (SSSR count). The lowest BCUT2D eigenvalue weighted by atomic mass is 10.1. The lowest BCUT2D eigenvalue weighted by Crippen LogP contribution is -1.94. The van der Waals surface area contributed by atoms with Crippen LogP contribution in [0.4, 0.5) is 5.82 Å². The third-order valence-corrected chi connectivity index (χ3v) is 3.35. The van der Waals surface area contributed by atoms with Crippen molar-refractivity contribution in [1.82, 2.24) is 9.97 Å². The van der Waals surface area contributed by atoms with Gasteiger partial charge in [0.1, 0.15) is 16.7 Å². The SMILES string of the molecule is COc1ccc2nc(Cl)c(/C=N\Nc3ccccn3)cc2c1. The van der Waals surface area contributed by atoms with E-state index in [0.29, 0.717) is 16.5 Å². The summed E-state index contributed by atoms with van der Waals surface area (Å²) in [4.78, 5) is 8.47. The molecule has 22 heavy (non-hydrogen) atoms. The van der Waals surface area contributed by atoms with Crippen LogP contribution in [0.5, 0.6) is 5.75 Å². The van der Waals surface area contributed by atoms with E-state index in [1.54, 1.807) is 19.5 Å². The number of aromatic nitrogens is 2. The first-order chi connectivity index (χ1) is 10.8. The second kappa shape index (κ2) is 6.41. The number of hydrazone groups is 1. The predicted octanol–water partition coefficient (Wildman–Crippen LogP) is 3.74. The minimum Gasteiger partial charge on any atom is -0.497 e. The van der Waals surface area contributed by atoms with Crippen LogP contribution in [0.1, 0.15) is 5.56 Å². The summed E-state index contributed by atoms with van der Waals surface area (Å²) in [6.45, 7) is 0. The van der Waals surface area contributed by atoms with Crippen LogP contribution < -0.4 is 10.2 Å². The van der Waals surface area contributed by atoms with E-state index in [-0.39, 0.29) is 0 Å². The fourth-order valence-corrected chi connectivity index (χ4v) is 2.16. The number of pyridine rings is 2. The standard InChI is InChI=1S/C16H13ClN4O/c1-22-13-5-6-14-11(9-13)8-12(16(17)20-14)10-19-21-15-4-2-3-7-18-15/h2-10H,1H3,(H,18,21)/b19-10-. The number of hydrogen-bond donors (Lipinski definition) is 1. The second-order valence-corrected chi connectivity index (χ2v) is 4.87. The van der Waals surface area contributed by atoms with Crippen molar-refractivity contribution < 1.29 is 4.74 Å². The van der Waals surface area contributed by atoms with Crippen LogP contribution in [0.3, 0.4) is 0 Å². The fourth-order valence-electron chi connectivity index (χ4n) is 1.96. The smallest absolute Gasteiger partial charge is 0.146 e. The van der Waals surface area contributed by atoms with E-state index in [9.17, 15) is 0 Å². The number of anilines is 1. The molecular formula is C16H13ClN4O. The molecule has 5 nitrogen and oxygen atoms in total. The average Bonchev–Trinajstić information content (AvgIpc) is 2.56. The summed E-state index contributed by atoms with van der Waals surface area (Å²) in [5.74, 6) is 1.43. The summed E-state index contributed by atoms with van der Waals surface area (Å²) in [7, 11) is 1.63. The summed E-state index contributed by atoms with van der Waals surface area (Å²) >= 11 is 6.18. The molecule has 1 aromatic carbocycles. The van der Waals surface area contributed by atoms with Crippen molar-refractivity contribution in [2.45, 2.75) is 0 Å². The van der Waals surface area contributed by atoms with Crippen LogP contribution in [-0.4, -0.2) is 23.3 Å². The third-order valence-electron chi connectivity index (χ3n) is 3.05. The van der Waals surface area contributed by atoms with Crippen molar-refractivity contribution in [1.29, 1.82) is 0 Å². The van der Waals surface area contributed by atoms with E-state index in [2.05, 4.69) is 20.5 Å². The minimum atomic E-state index is 0.393. The summed E-state index contributed by atoms with van der Waals surface area (Å²) in [5, 5.41) is 5.46. The molecule has 1 N–H and O–H groups in total. The van der Waals surface area contributed by atoms with E-state index < -0.39 is 0 Å². The number of fused-ring (bicyclic) bond motifs is 1. The Kier molecular flexibility index (Phi) is 4.16. The van der Waals surface area contributed by atoms with Gasteiger partial charge < -0.3 is 4.74 Å². The van der Waals surface area contributed by atoms with Gasteiger partial charge in [-0.2, -0.15) is 5.10 Å². The van der Waals surface area contributed by atoms with Gasteiger partial charge in [0, 0.05) is 17.1 Å². The maximum atomic E-state index is 6.18. The molecule has 0 aliphatic heterocycles. The largest absolute Gasteiger partial charge is 0.497 e. The first-order valence-electron chi connectivity index (χ1n) is 6.60. The monoisotopic (exact) mass is 312 g/mol. The Hall–Kier alpha value is -2.66. The zero-order chi connectivity index (χ0) is 15.4. The van der Waals surface area contributed by atoms with E-state index >= 15 is 0 Å². The molecule has 110 valence electrons. The average molecular weight is 313 g/mol. The quantitative estimate of drug-likeness (QED) is 0.453. The maximum Gasteiger partial charge on any atom is 0.146 e. The number of benzene rings is 1. The number of ether oxygens (including phenoxy) is 1. The van der Waals surface area contributed by atoms with Crippen LogP contribution in [0.25, 0.3) is 10.9 Å². The Morgan fingerprint density at radius 3 is 2.91 bits per heavy atom. The van der Waals surface area contributed by atoms with Gasteiger partial charge in [-0.05, 0) is 36.4 Å². The van der Waals surface area contributed by atoms with E-state index in [1.807, 2.05) is 42.5 Å². The van der Waals surface area contributed by atoms with Crippen LogP contribution in [0.15, 0.2) is 53.8 Å². The van der Waals surface area contributed by atoms with Gasteiger partial charge in [-0.3, -0.25) is 5.43 Å². The van der Waals surface area contributed by atoms with E-state index in [1.165, 1.54) is 0 Å². The van der Waals surface area contributed by atoms with Crippen molar-refractivity contribution >= 4 is 34.5 Å². The Bertz CT molecular complexity index is 821. The van der Waals surface area contributed by atoms with Crippen molar-refractivity contribution in [3.8, 4) is 5.75 Å². The molecular weight excluding hydrogens is 300 g/mol. The highest BCUT2D eigenvalue weighted by Gasteiger charge is 2.04. The van der Waals surface area contributed by atoms with Gasteiger partial charge >= 0.3 is 0 Å². The minimum absolute atomic E-state index is 0.393. The molecule has 2 aromatic heterocycles. The molecule has 6 heteroatoms. The summed E-state index contributed by atoms with van der Waals surface area (Å²) < 4.78 is 5.22. The van der Waals surface area contributed by atoms with Crippen molar-refractivity contribution in [3.63, 3.8) is 0 Å². The number of nitrogens with one attached hydrogen (secondary N) is 1. The van der Waals surface area contributed by atoms with Crippen LogP contribution in [-0.2, 0) is 0 Å². The van der Waals surface area contributed by atoms with E-state index in [0.717, 1.165) is 16.7 Å². The Labute approximate surface area is 132 Å². The lowest BCUT2D eigenvalue weighted by molar-refractivity contribution is 0.415. The second-order valence-electron chi connectivity index (χ2n) is 4.51.